The average Bonchev–Trinajstić information content (AvgIpc) is 2.50. The minimum Gasteiger partial charge on any atom is -0.449 e. The van der Waals surface area contributed by atoms with Gasteiger partial charge in [0, 0.05) is 23.8 Å². The zero-order chi connectivity index (χ0) is 15.7. The van der Waals surface area contributed by atoms with Crippen molar-refractivity contribution in [2.24, 2.45) is 0 Å². The van der Waals surface area contributed by atoms with Crippen LogP contribution in [-0.4, -0.2) is 14.9 Å². The van der Waals surface area contributed by atoms with Crippen molar-refractivity contribution < 1.29 is 9.66 Å². The summed E-state index contributed by atoms with van der Waals surface area (Å²) >= 11 is 0. The lowest BCUT2D eigenvalue weighted by Crippen LogP contribution is -2.01. The predicted molar refractivity (Wildman–Crippen MR) is 81.5 cm³/mol. The molecule has 110 valence electrons. The lowest BCUT2D eigenvalue weighted by atomic mass is 10.1. The van der Waals surface area contributed by atoms with Crippen LogP contribution in [0.5, 0.6) is 11.5 Å². The number of nitro groups is 1. The van der Waals surface area contributed by atoms with Crippen LogP contribution >= 0.6 is 0 Å². The van der Waals surface area contributed by atoms with Crippen LogP contribution in [0.2, 0.25) is 0 Å². The summed E-state index contributed by atoms with van der Waals surface area (Å²) in [5.74, 6) is 0.193. The second kappa shape index (κ2) is 5.17. The number of pyridine rings is 2. The minimum atomic E-state index is -0.630. The monoisotopic (exact) mass is 297 g/mol. The van der Waals surface area contributed by atoms with Gasteiger partial charge in [-0.25, -0.2) is 4.98 Å². The highest BCUT2D eigenvalue weighted by molar-refractivity contribution is 5.94. The summed E-state index contributed by atoms with van der Waals surface area (Å²) < 4.78 is 5.66. The first-order valence-electron chi connectivity index (χ1n) is 6.28. The van der Waals surface area contributed by atoms with Crippen LogP contribution in [0.15, 0.2) is 42.7 Å². The molecule has 2 aromatic heterocycles. The standard InChI is InChI=1S/C14H11N5O3/c15-9-3-4-10(8-2-1-6-17-12(8)9)22-11-5-7-18-14(16)13(11)19(20)21/h1-7H,15H2,(H2,16,18). The number of ether oxygens (including phenoxy) is 1. The number of nitrogens with two attached hydrogens (primary N) is 2. The Labute approximate surface area is 124 Å². The molecule has 22 heavy (non-hydrogen) atoms. The molecule has 0 saturated heterocycles. The van der Waals surface area contributed by atoms with Crippen LogP contribution in [0.1, 0.15) is 0 Å². The van der Waals surface area contributed by atoms with Crippen molar-refractivity contribution in [2.75, 3.05) is 11.5 Å². The SMILES string of the molecule is Nc1nccc(Oc2ccc(N)c3ncccc23)c1[N+](=O)[O-]. The van der Waals surface area contributed by atoms with Crippen molar-refractivity contribution in [1.29, 1.82) is 0 Å². The van der Waals surface area contributed by atoms with Gasteiger partial charge < -0.3 is 16.2 Å². The van der Waals surface area contributed by atoms with E-state index in [4.69, 9.17) is 16.2 Å². The third kappa shape index (κ3) is 2.22. The Hall–Kier alpha value is -3.42. The maximum Gasteiger partial charge on any atom is 0.353 e. The smallest absolute Gasteiger partial charge is 0.353 e. The van der Waals surface area contributed by atoms with Crippen molar-refractivity contribution in [3.63, 3.8) is 0 Å². The quantitative estimate of drug-likeness (QED) is 0.431. The summed E-state index contributed by atoms with van der Waals surface area (Å²) in [4.78, 5) is 18.4. The highest BCUT2D eigenvalue weighted by Crippen LogP contribution is 2.37. The molecule has 1 aromatic carbocycles. The zero-order valence-corrected chi connectivity index (χ0v) is 11.3. The Kier molecular flexibility index (Phi) is 3.18. The molecule has 2 heterocycles. The van der Waals surface area contributed by atoms with Gasteiger partial charge in [0.25, 0.3) is 0 Å². The first kappa shape index (κ1) is 13.6. The topological polar surface area (TPSA) is 130 Å². The largest absolute Gasteiger partial charge is 0.449 e. The van der Waals surface area contributed by atoms with Crippen molar-refractivity contribution in [2.45, 2.75) is 0 Å². The van der Waals surface area contributed by atoms with Crippen molar-refractivity contribution >= 4 is 28.1 Å². The molecule has 3 rings (SSSR count). The molecule has 4 N–H and O–H groups in total. The van der Waals surface area contributed by atoms with Gasteiger partial charge in [-0.2, -0.15) is 0 Å². The van der Waals surface area contributed by atoms with Gasteiger partial charge in [0.1, 0.15) is 5.75 Å². The Morgan fingerprint density at radius 3 is 2.64 bits per heavy atom. The number of nitrogens with zero attached hydrogens (tertiary/aromatic N) is 3. The average molecular weight is 297 g/mol. The van der Waals surface area contributed by atoms with Crippen LogP contribution in [0.4, 0.5) is 17.2 Å². The van der Waals surface area contributed by atoms with E-state index in [1.54, 1.807) is 30.5 Å². The number of anilines is 2. The molecule has 8 nitrogen and oxygen atoms in total. The highest BCUT2D eigenvalue weighted by atomic mass is 16.6. The van der Waals surface area contributed by atoms with Gasteiger partial charge in [0.2, 0.25) is 11.6 Å². The first-order chi connectivity index (χ1) is 10.6. The van der Waals surface area contributed by atoms with Gasteiger partial charge in [-0.3, -0.25) is 15.1 Å². The van der Waals surface area contributed by atoms with E-state index >= 15 is 0 Å². The zero-order valence-electron chi connectivity index (χ0n) is 11.3. The Morgan fingerprint density at radius 2 is 1.86 bits per heavy atom. The molecule has 0 fully saturated rings. The van der Waals surface area contributed by atoms with Crippen molar-refractivity contribution in [3.05, 3.63) is 52.8 Å². The van der Waals surface area contributed by atoms with E-state index in [0.717, 1.165) is 0 Å². The van der Waals surface area contributed by atoms with Crippen LogP contribution < -0.4 is 16.2 Å². The molecule has 3 aromatic rings. The summed E-state index contributed by atoms with van der Waals surface area (Å²) in [6, 6.07) is 8.13. The maximum atomic E-state index is 11.1. The molecule has 0 aliphatic rings. The fraction of sp³-hybridized carbons (Fsp3) is 0. The van der Waals surface area contributed by atoms with E-state index in [-0.39, 0.29) is 17.3 Å². The van der Waals surface area contributed by atoms with Crippen molar-refractivity contribution in [1.82, 2.24) is 9.97 Å². The molecular weight excluding hydrogens is 286 g/mol. The van der Waals surface area contributed by atoms with E-state index in [0.29, 0.717) is 22.3 Å². The highest BCUT2D eigenvalue weighted by Gasteiger charge is 2.21. The summed E-state index contributed by atoms with van der Waals surface area (Å²) in [6.07, 6.45) is 2.95. The molecule has 0 aliphatic carbocycles. The predicted octanol–water partition coefficient (Wildman–Crippen LogP) is 2.49. The molecule has 0 saturated carbocycles. The molecule has 0 bridgehead atoms. The van der Waals surface area contributed by atoms with Gasteiger partial charge in [0.05, 0.1) is 16.1 Å². The number of rotatable bonds is 3. The number of benzene rings is 1. The fourth-order valence-electron chi connectivity index (χ4n) is 2.09. The van der Waals surface area contributed by atoms with Crippen LogP contribution in [0, 0.1) is 10.1 Å². The fourth-order valence-corrected chi connectivity index (χ4v) is 2.09. The lowest BCUT2D eigenvalue weighted by molar-refractivity contribution is -0.384. The Balaban J connectivity index is 2.14. The Bertz CT molecular complexity index is 881. The molecule has 0 unspecified atom stereocenters. The Morgan fingerprint density at radius 1 is 1.05 bits per heavy atom. The van der Waals surface area contributed by atoms with E-state index in [1.165, 1.54) is 12.3 Å². The van der Waals surface area contributed by atoms with Gasteiger partial charge in [-0.05, 0) is 24.3 Å². The second-order valence-corrected chi connectivity index (χ2v) is 4.45. The van der Waals surface area contributed by atoms with Gasteiger partial charge >= 0.3 is 5.69 Å². The number of aromatic nitrogens is 2. The van der Waals surface area contributed by atoms with Gasteiger partial charge in [0.15, 0.2) is 0 Å². The van der Waals surface area contributed by atoms with Crippen LogP contribution in [0.3, 0.4) is 0 Å². The third-order valence-corrected chi connectivity index (χ3v) is 3.08. The van der Waals surface area contributed by atoms with E-state index in [1.807, 2.05) is 0 Å². The summed E-state index contributed by atoms with van der Waals surface area (Å²) in [6.45, 7) is 0. The van der Waals surface area contributed by atoms with Crippen LogP contribution in [0.25, 0.3) is 10.9 Å². The second-order valence-electron chi connectivity index (χ2n) is 4.45. The molecule has 8 heteroatoms. The van der Waals surface area contributed by atoms with Crippen LogP contribution in [-0.2, 0) is 0 Å². The molecule has 0 radical (unpaired) electrons. The molecule has 0 amide bonds. The van der Waals surface area contributed by atoms with Gasteiger partial charge in [-0.1, -0.05) is 0 Å². The number of hydrogen-bond donors (Lipinski definition) is 2. The first-order valence-corrected chi connectivity index (χ1v) is 6.28. The van der Waals surface area contributed by atoms with E-state index < -0.39 is 4.92 Å². The summed E-state index contributed by atoms with van der Waals surface area (Å²) in [5.41, 5.74) is 12.1. The lowest BCUT2D eigenvalue weighted by Gasteiger charge is -2.10. The van der Waals surface area contributed by atoms with E-state index in [9.17, 15) is 10.1 Å². The van der Waals surface area contributed by atoms with Gasteiger partial charge in [-0.15, -0.1) is 0 Å². The third-order valence-electron chi connectivity index (χ3n) is 3.08. The number of nitrogen functional groups attached to an aromatic ring is 2. The summed E-state index contributed by atoms with van der Waals surface area (Å²) in [5, 5.41) is 11.8. The van der Waals surface area contributed by atoms with E-state index in [2.05, 4.69) is 9.97 Å². The normalized spacial score (nSPS) is 10.5. The summed E-state index contributed by atoms with van der Waals surface area (Å²) in [7, 11) is 0. The number of fused-ring (bicyclic) bond motifs is 1. The maximum absolute atomic E-state index is 11.1. The molecule has 0 spiro atoms. The number of hydrogen-bond acceptors (Lipinski definition) is 7. The molecule has 0 aliphatic heterocycles. The minimum absolute atomic E-state index is 0.00687. The molecular formula is C14H11N5O3. The molecule has 0 atom stereocenters. The van der Waals surface area contributed by atoms with Crippen molar-refractivity contribution in [3.8, 4) is 11.5 Å².